The molecule has 15 heavy (non-hydrogen) atoms. The SMILES string of the molecule is Cc1c(Br)c(=O)n(C)c2cc(Cl)ncc12. The second-order valence-corrected chi connectivity index (χ2v) is 4.51. The summed E-state index contributed by atoms with van der Waals surface area (Å²) in [7, 11) is 1.71. The summed E-state index contributed by atoms with van der Waals surface area (Å²) in [5, 5.41) is 1.31. The summed E-state index contributed by atoms with van der Waals surface area (Å²) in [5.74, 6) is 0. The van der Waals surface area contributed by atoms with Gasteiger partial charge in [-0.15, -0.1) is 0 Å². The summed E-state index contributed by atoms with van der Waals surface area (Å²) in [6.07, 6.45) is 1.68. The third-order valence-electron chi connectivity index (χ3n) is 2.44. The van der Waals surface area contributed by atoms with Crippen molar-refractivity contribution in [2.45, 2.75) is 6.92 Å². The van der Waals surface area contributed by atoms with E-state index in [0.29, 0.717) is 9.63 Å². The molecule has 0 amide bonds. The molecule has 0 aliphatic rings. The fourth-order valence-corrected chi connectivity index (χ4v) is 2.15. The first-order valence-corrected chi connectivity index (χ1v) is 5.50. The van der Waals surface area contributed by atoms with Gasteiger partial charge in [0.05, 0.1) is 9.99 Å². The summed E-state index contributed by atoms with van der Waals surface area (Å²) in [6, 6.07) is 1.69. The molecule has 78 valence electrons. The van der Waals surface area contributed by atoms with Gasteiger partial charge in [-0.25, -0.2) is 4.98 Å². The number of rotatable bonds is 0. The molecule has 2 rings (SSSR count). The standard InChI is InChI=1S/C10H8BrClN2O/c1-5-6-4-13-8(12)3-7(6)14(2)10(15)9(5)11/h3-4H,1-2H3. The molecule has 2 heterocycles. The van der Waals surface area contributed by atoms with E-state index in [9.17, 15) is 4.79 Å². The Hall–Kier alpha value is -0.870. The lowest BCUT2D eigenvalue weighted by molar-refractivity contribution is 0.893. The van der Waals surface area contributed by atoms with Crippen molar-refractivity contribution in [3.8, 4) is 0 Å². The van der Waals surface area contributed by atoms with Gasteiger partial charge in [0.15, 0.2) is 0 Å². The van der Waals surface area contributed by atoms with Crippen LogP contribution in [0, 0.1) is 6.92 Å². The van der Waals surface area contributed by atoms with Crippen molar-refractivity contribution < 1.29 is 0 Å². The molecular formula is C10H8BrClN2O. The Labute approximate surface area is 99.8 Å². The topological polar surface area (TPSA) is 34.9 Å². The van der Waals surface area contributed by atoms with Gasteiger partial charge in [-0.2, -0.15) is 0 Å². The second-order valence-electron chi connectivity index (χ2n) is 3.33. The Kier molecular flexibility index (Phi) is 2.56. The van der Waals surface area contributed by atoms with E-state index in [0.717, 1.165) is 16.5 Å². The lowest BCUT2D eigenvalue weighted by Crippen LogP contribution is -2.19. The zero-order valence-electron chi connectivity index (χ0n) is 8.21. The van der Waals surface area contributed by atoms with Gasteiger partial charge < -0.3 is 4.57 Å². The Morgan fingerprint density at radius 2 is 2.20 bits per heavy atom. The molecule has 0 bridgehead atoms. The van der Waals surface area contributed by atoms with Crippen LogP contribution in [0.4, 0.5) is 0 Å². The van der Waals surface area contributed by atoms with Gasteiger partial charge in [0.2, 0.25) is 0 Å². The highest BCUT2D eigenvalue weighted by Crippen LogP contribution is 2.23. The second kappa shape index (κ2) is 3.61. The Balaban J connectivity index is 3.07. The number of nitrogens with zero attached hydrogens (tertiary/aromatic N) is 2. The smallest absolute Gasteiger partial charge is 0.265 e. The van der Waals surface area contributed by atoms with Gasteiger partial charge in [-0.3, -0.25) is 4.79 Å². The summed E-state index contributed by atoms with van der Waals surface area (Å²) in [4.78, 5) is 15.8. The maximum atomic E-state index is 11.8. The first-order chi connectivity index (χ1) is 7.02. The molecule has 0 radical (unpaired) electrons. The van der Waals surface area contributed by atoms with E-state index in [1.54, 1.807) is 23.9 Å². The molecule has 0 aliphatic carbocycles. The van der Waals surface area contributed by atoms with Crippen molar-refractivity contribution >= 4 is 38.4 Å². The fraction of sp³-hybridized carbons (Fsp3) is 0.200. The van der Waals surface area contributed by atoms with Crippen LogP contribution in [0.25, 0.3) is 10.9 Å². The van der Waals surface area contributed by atoms with Crippen LogP contribution in [-0.2, 0) is 7.05 Å². The van der Waals surface area contributed by atoms with Crippen molar-refractivity contribution in [1.82, 2.24) is 9.55 Å². The summed E-state index contributed by atoms with van der Waals surface area (Å²) < 4.78 is 2.13. The van der Waals surface area contributed by atoms with E-state index in [-0.39, 0.29) is 5.56 Å². The molecule has 2 aromatic rings. The monoisotopic (exact) mass is 286 g/mol. The van der Waals surface area contributed by atoms with Crippen LogP contribution >= 0.6 is 27.5 Å². The maximum absolute atomic E-state index is 11.8. The molecule has 0 fully saturated rings. The van der Waals surface area contributed by atoms with Crippen molar-refractivity contribution in [3.05, 3.63) is 37.8 Å². The summed E-state index contributed by atoms with van der Waals surface area (Å²) in [6.45, 7) is 1.88. The first kappa shape index (κ1) is 10.6. The van der Waals surface area contributed by atoms with E-state index >= 15 is 0 Å². The molecule has 0 aliphatic heterocycles. The highest BCUT2D eigenvalue weighted by molar-refractivity contribution is 9.10. The fourth-order valence-electron chi connectivity index (χ4n) is 1.52. The molecular weight excluding hydrogens is 279 g/mol. The van der Waals surface area contributed by atoms with Gasteiger partial charge in [-0.05, 0) is 34.5 Å². The quantitative estimate of drug-likeness (QED) is 0.698. The Morgan fingerprint density at radius 1 is 1.53 bits per heavy atom. The van der Waals surface area contributed by atoms with Crippen LogP contribution in [0.2, 0.25) is 5.15 Å². The molecule has 0 N–H and O–H groups in total. The minimum absolute atomic E-state index is 0.0673. The van der Waals surface area contributed by atoms with Crippen LogP contribution < -0.4 is 5.56 Å². The van der Waals surface area contributed by atoms with Gasteiger partial charge in [-0.1, -0.05) is 11.6 Å². The van der Waals surface area contributed by atoms with E-state index in [4.69, 9.17) is 11.6 Å². The number of hydrogen-bond donors (Lipinski definition) is 0. The number of pyridine rings is 2. The number of fused-ring (bicyclic) bond motifs is 1. The lowest BCUT2D eigenvalue weighted by Gasteiger charge is -2.09. The van der Waals surface area contributed by atoms with Crippen LogP contribution in [0.3, 0.4) is 0 Å². The maximum Gasteiger partial charge on any atom is 0.265 e. The number of aryl methyl sites for hydroxylation is 2. The van der Waals surface area contributed by atoms with Gasteiger partial charge in [0, 0.05) is 18.6 Å². The highest BCUT2D eigenvalue weighted by Gasteiger charge is 2.10. The van der Waals surface area contributed by atoms with E-state index in [2.05, 4.69) is 20.9 Å². The predicted molar refractivity (Wildman–Crippen MR) is 64.4 cm³/mol. The number of hydrogen-bond acceptors (Lipinski definition) is 2. The van der Waals surface area contributed by atoms with Crippen molar-refractivity contribution in [3.63, 3.8) is 0 Å². The van der Waals surface area contributed by atoms with E-state index in [1.165, 1.54) is 0 Å². The normalized spacial score (nSPS) is 10.9. The Bertz CT molecular complexity index is 606. The summed E-state index contributed by atoms with van der Waals surface area (Å²) >= 11 is 9.07. The number of aromatic nitrogens is 2. The van der Waals surface area contributed by atoms with Crippen molar-refractivity contribution in [2.75, 3.05) is 0 Å². The average Bonchev–Trinajstić information content (AvgIpc) is 2.23. The van der Waals surface area contributed by atoms with Gasteiger partial charge in [0.1, 0.15) is 5.15 Å². The average molecular weight is 288 g/mol. The lowest BCUT2D eigenvalue weighted by atomic mass is 10.1. The van der Waals surface area contributed by atoms with Gasteiger partial charge in [0.25, 0.3) is 5.56 Å². The molecule has 0 saturated carbocycles. The molecule has 3 nitrogen and oxygen atoms in total. The van der Waals surface area contributed by atoms with Crippen molar-refractivity contribution in [2.24, 2.45) is 7.05 Å². The molecule has 0 aromatic carbocycles. The van der Waals surface area contributed by atoms with Crippen molar-refractivity contribution in [1.29, 1.82) is 0 Å². The molecule has 2 aromatic heterocycles. The van der Waals surface area contributed by atoms with Crippen LogP contribution in [0.1, 0.15) is 5.56 Å². The highest BCUT2D eigenvalue weighted by atomic mass is 79.9. The first-order valence-electron chi connectivity index (χ1n) is 4.32. The minimum atomic E-state index is -0.0673. The molecule has 0 saturated heterocycles. The molecule has 0 unspecified atom stereocenters. The minimum Gasteiger partial charge on any atom is -0.310 e. The van der Waals surface area contributed by atoms with E-state index < -0.39 is 0 Å². The predicted octanol–water partition coefficient (Wildman–Crippen LogP) is 2.66. The molecule has 0 atom stereocenters. The molecule has 5 heteroatoms. The van der Waals surface area contributed by atoms with E-state index in [1.807, 2.05) is 6.92 Å². The molecule has 0 spiro atoms. The zero-order chi connectivity index (χ0) is 11.2. The zero-order valence-corrected chi connectivity index (χ0v) is 10.6. The third-order valence-corrected chi connectivity index (χ3v) is 3.58. The Morgan fingerprint density at radius 3 is 2.87 bits per heavy atom. The van der Waals surface area contributed by atoms with Crippen LogP contribution in [0.15, 0.2) is 21.5 Å². The van der Waals surface area contributed by atoms with Crippen LogP contribution in [0.5, 0.6) is 0 Å². The summed E-state index contributed by atoms with van der Waals surface area (Å²) in [5.41, 5.74) is 1.61. The van der Waals surface area contributed by atoms with Crippen LogP contribution in [-0.4, -0.2) is 9.55 Å². The third kappa shape index (κ3) is 1.58. The van der Waals surface area contributed by atoms with Gasteiger partial charge >= 0.3 is 0 Å². The largest absolute Gasteiger partial charge is 0.310 e. The number of halogens is 2.